The van der Waals surface area contributed by atoms with Gasteiger partial charge in [-0.3, -0.25) is 14.5 Å². The van der Waals surface area contributed by atoms with Crippen LogP contribution in [0.25, 0.3) is 0 Å². The van der Waals surface area contributed by atoms with Crippen molar-refractivity contribution in [2.24, 2.45) is 0 Å². The Morgan fingerprint density at radius 1 is 1.17 bits per heavy atom. The van der Waals surface area contributed by atoms with Crippen LogP contribution >= 0.6 is 0 Å². The number of aromatic nitrogens is 1. The number of nitrogens with one attached hydrogen (secondary N) is 1. The molecule has 2 aromatic rings. The Morgan fingerprint density at radius 3 is 2.43 bits per heavy atom. The average Bonchev–Trinajstić information content (AvgIpc) is 2.94. The fourth-order valence-electron chi connectivity index (χ4n) is 3.21. The topological polar surface area (TPSA) is 63.6 Å². The van der Waals surface area contributed by atoms with Gasteiger partial charge in [0.15, 0.2) is 5.78 Å². The highest BCUT2D eigenvalue weighted by molar-refractivity contribution is 5.99. The smallest absolute Gasteiger partial charge is 0.406 e. The summed E-state index contributed by atoms with van der Waals surface area (Å²) in [5.41, 5.74) is 1.39. The average molecular weight is 425 g/mol. The first-order valence-corrected chi connectivity index (χ1v) is 9.47. The van der Waals surface area contributed by atoms with Crippen LogP contribution in [0.1, 0.15) is 28.7 Å². The van der Waals surface area contributed by atoms with E-state index in [1.807, 2.05) is 0 Å². The molecule has 0 saturated carbocycles. The molecule has 0 fully saturated rings. The molecule has 0 radical (unpaired) electrons. The van der Waals surface area contributed by atoms with E-state index >= 15 is 0 Å². The quantitative estimate of drug-likeness (QED) is 0.621. The SMILES string of the molecule is CCN(CC(=O)Nc1ccccc1OC)CC(=O)c1cc(C)n(CC(F)(F)F)c1C. The molecule has 1 aromatic carbocycles. The lowest BCUT2D eigenvalue weighted by Crippen LogP contribution is -2.37. The Morgan fingerprint density at radius 2 is 1.83 bits per heavy atom. The summed E-state index contributed by atoms with van der Waals surface area (Å²) in [4.78, 5) is 26.7. The van der Waals surface area contributed by atoms with Crippen LogP contribution in [0.4, 0.5) is 18.9 Å². The number of Topliss-reactive ketones (excluding diaryl/α,β-unsaturated/α-hetero) is 1. The first-order chi connectivity index (χ1) is 14.1. The second-order valence-electron chi connectivity index (χ2n) is 6.96. The number of alkyl halides is 3. The fourth-order valence-corrected chi connectivity index (χ4v) is 3.21. The van der Waals surface area contributed by atoms with Crippen LogP contribution in [0.15, 0.2) is 30.3 Å². The van der Waals surface area contributed by atoms with Crippen LogP contribution in [0.3, 0.4) is 0 Å². The second-order valence-corrected chi connectivity index (χ2v) is 6.96. The van der Waals surface area contributed by atoms with E-state index in [1.54, 1.807) is 36.1 Å². The number of hydrogen-bond donors (Lipinski definition) is 1. The molecule has 1 aromatic heterocycles. The number of rotatable bonds is 9. The van der Waals surface area contributed by atoms with Gasteiger partial charge in [0.2, 0.25) is 5.91 Å². The number of ether oxygens (including phenoxy) is 1. The lowest BCUT2D eigenvalue weighted by atomic mass is 10.1. The van der Waals surface area contributed by atoms with Crippen molar-refractivity contribution >= 4 is 17.4 Å². The fraction of sp³-hybridized carbons (Fsp3) is 0.429. The largest absolute Gasteiger partial charge is 0.495 e. The molecule has 1 heterocycles. The van der Waals surface area contributed by atoms with Gasteiger partial charge in [0.25, 0.3) is 0 Å². The van der Waals surface area contributed by atoms with Crippen LogP contribution < -0.4 is 10.1 Å². The second kappa shape index (κ2) is 9.80. The number of aryl methyl sites for hydroxylation is 1. The lowest BCUT2D eigenvalue weighted by Gasteiger charge is -2.19. The number of halogens is 3. The number of anilines is 1. The highest BCUT2D eigenvalue weighted by Crippen LogP contribution is 2.24. The van der Waals surface area contributed by atoms with E-state index in [-0.39, 0.29) is 36.0 Å². The van der Waals surface area contributed by atoms with Gasteiger partial charge >= 0.3 is 6.18 Å². The van der Waals surface area contributed by atoms with Crippen molar-refractivity contribution in [1.29, 1.82) is 0 Å². The van der Waals surface area contributed by atoms with Crippen molar-refractivity contribution in [3.05, 3.63) is 47.3 Å². The Kier molecular flexibility index (Phi) is 7.66. The van der Waals surface area contributed by atoms with E-state index in [9.17, 15) is 22.8 Å². The minimum Gasteiger partial charge on any atom is -0.495 e. The molecule has 0 bridgehead atoms. The first kappa shape index (κ1) is 23.5. The van der Waals surface area contributed by atoms with Gasteiger partial charge in [0.1, 0.15) is 12.3 Å². The Balaban J connectivity index is 2.06. The van der Waals surface area contributed by atoms with E-state index in [0.29, 0.717) is 23.7 Å². The predicted octanol–water partition coefficient (Wildman–Crippen LogP) is 3.82. The van der Waals surface area contributed by atoms with Crippen LogP contribution in [0.5, 0.6) is 5.75 Å². The maximum Gasteiger partial charge on any atom is 0.406 e. The molecule has 0 saturated heterocycles. The summed E-state index contributed by atoms with van der Waals surface area (Å²) in [5.74, 6) is -0.137. The zero-order chi connectivity index (χ0) is 22.5. The normalized spacial score (nSPS) is 11.6. The van der Waals surface area contributed by atoms with Gasteiger partial charge in [0.05, 0.1) is 25.9 Å². The summed E-state index contributed by atoms with van der Waals surface area (Å²) in [6, 6.07) is 8.42. The number of para-hydroxylation sites is 2. The van der Waals surface area contributed by atoms with E-state index in [0.717, 1.165) is 4.57 Å². The minimum absolute atomic E-state index is 0.0401. The molecule has 9 heteroatoms. The number of carbonyl (C=O) groups is 2. The van der Waals surface area contributed by atoms with E-state index in [1.165, 1.54) is 27.0 Å². The molecule has 2 rings (SSSR count). The number of hydrogen-bond acceptors (Lipinski definition) is 4. The summed E-state index contributed by atoms with van der Waals surface area (Å²) in [5, 5.41) is 2.74. The van der Waals surface area contributed by atoms with Gasteiger partial charge in [-0.05, 0) is 38.6 Å². The van der Waals surface area contributed by atoms with Crippen molar-refractivity contribution < 1.29 is 27.5 Å². The van der Waals surface area contributed by atoms with Crippen molar-refractivity contribution in [2.45, 2.75) is 33.5 Å². The highest BCUT2D eigenvalue weighted by Gasteiger charge is 2.30. The van der Waals surface area contributed by atoms with E-state index in [2.05, 4.69) is 5.32 Å². The predicted molar refractivity (Wildman–Crippen MR) is 108 cm³/mol. The molecule has 1 N–H and O–H groups in total. The number of nitrogens with zero attached hydrogens (tertiary/aromatic N) is 2. The van der Waals surface area contributed by atoms with Gasteiger partial charge in [0, 0.05) is 17.0 Å². The summed E-state index contributed by atoms with van der Waals surface area (Å²) in [6.45, 7) is 4.00. The molecule has 0 unspecified atom stereocenters. The van der Waals surface area contributed by atoms with Gasteiger partial charge in [-0.1, -0.05) is 19.1 Å². The van der Waals surface area contributed by atoms with Gasteiger partial charge in [-0.25, -0.2) is 0 Å². The van der Waals surface area contributed by atoms with Crippen LogP contribution in [0, 0.1) is 13.8 Å². The van der Waals surface area contributed by atoms with E-state index < -0.39 is 12.7 Å². The number of amides is 1. The third kappa shape index (κ3) is 6.09. The Hall–Kier alpha value is -2.81. The minimum atomic E-state index is -4.37. The summed E-state index contributed by atoms with van der Waals surface area (Å²) in [7, 11) is 1.50. The standard InChI is InChI=1S/C21H26F3N3O3/c1-5-26(12-20(29)25-17-8-6-7-9-19(17)30-4)11-18(28)16-10-14(2)27(15(16)3)13-21(22,23)24/h6-10H,5,11-13H2,1-4H3,(H,25,29). The maximum atomic E-state index is 12.8. The van der Waals surface area contributed by atoms with Crippen LogP contribution in [-0.4, -0.2) is 54.1 Å². The number of benzene rings is 1. The third-order valence-corrected chi connectivity index (χ3v) is 4.77. The molecule has 164 valence electrons. The number of likely N-dealkylation sites (N-methyl/N-ethyl adjacent to an activating group) is 1. The first-order valence-electron chi connectivity index (χ1n) is 9.47. The van der Waals surface area contributed by atoms with Gasteiger partial charge in [-0.2, -0.15) is 13.2 Å². The van der Waals surface area contributed by atoms with E-state index in [4.69, 9.17) is 4.74 Å². The number of carbonyl (C=O) groups excluding carboxylic acids is 2. The monoisotopic (exact) mass is 425 g/mol. The van der Waals surface area contributed by atoms with Crippen molar-refractivity contribution in [3.63, 3.8) is 0 Å². The molecule has 30 heavy (non-hydrogen) atoms. The molecule has 6 nitrogen and oxygen atoms in total. The zero-order valence-corrected chi connectivity index (χ0v) is 17.5. The molecular weight excluding hydrogens is 399 g/mol. The summed E-state index contributed by atoms with van der Waals surface area (Å²) < 4.78 is 44.6. The Labute approximate surface area is 173 Å². The van der Waals surface area contributed by atoms with Crippen molar-refractivity contribution in [3.8, 4) is 5.75 Å². The summed E-state index contributed by atoms with van der Waals surface area (Å²) >= 11 is 0. The number of ketones is 1. The molecule has 1 amide bonds. The number of methoxy groups -OCH3 is 1. The Bertz CT molecular complexity index is 907. The van der Waals surface area contributed by atoms with Crippen molar-refractivity contribution in [2.75, 3.05) is 32.1 Å². The molecule has 0 aliphatic heterocycles. The molecular formula is C21H26F3N3O3. The molecule has 0 spiro atoms. The molecule has 0 atom stereocenters. The van der Waals surface area contributed by atoms with Crippen LogP contribution in [-0.2, 0) is 11.3 Å². The summed E-state index contributed by atoms with van der Waals surface area (Å²) in [6.07, 6.45) is -4.37. The van der Waals surface area contributed by atoms with Crippen molar-refractivity contribution in [1.82, 2.24) is 9.47 Å². The van der Waals surface area contributed by atoms with Crippen LogP contribution in [0.2, 0.25) is 0 Å². The highest BCUT2D eigenvalue weighted by atomic mass is 19.4. The van der Waals surface area contributed by atoms with Gasteiger partial charge in [-0.15, -0.1) is 0 Å². The van der Waals surface area contributed by atoms with Gasteiger partial charge < -0.3 is 14.6 Å². The molecule has 0 aliphatic carbocycles. The maximum absolute atomic E-state index is 12.8. The third-order valence-electron chi connectivity index (χ3n) is 4.77. The zero-order valence-electron chi connectivity index (χ0n) is 17.5. The lowest BCUT2D eigenvalue weighted by molar-refractivity contribution is -0.141. The molecule has 0 aliphatic rings.